The first-order valence-electron chi connectivity index (χ1n) is 11.7. The summed E-state index contributed by atoms with van der Waals surface area (Å²) in [6, 6.07) is 10.9. The molecule has 2 aromatic rings. The third-order valence-corrected chi connectivity index (χ3v) is 7.71. The normalized spacial score (nSPS) is 22.2. The maximum Gasteiger partial charge on any atom is 0.262 e. The lowest BCUT2D eigenvalue weighted by atomic mass is 10.1. The van der Waals surface area contributed by atoms with Crippen LogP contribution in [0.5, 0.6) is 0 Å². The van der Waals surface area contributed by atoms with Gasteiger partial charge in [-0.3, -0.25) is 19.4 Å². The number of amidine groups is 1. The van der Waals surface area contributed by atoms with Crippen molar-refractivity contribution in [1.82, 2.24) is 14.8 Å². The van der Waals surface area contributed by atoms with Gasteiger partial charge in [-0.25, -0.2) is 0 Å². The minimum absolute atomic E-state index is 0.0169. The van der Waals surface area contributed by atoms with Gasteiger partial charge in [0.25, 0.3) is 11.8 Å². The minimum atomic E-state index is -0.475. The molecule has 0 spiro atoms. The maximum atomic E-state index is 13.1. The van der Waals surface area contributed by atoms with E-state index in [1.807, 2.05) is 17.0 Å². The average molecular weight is 478 g/mol. The van der Waals surface area contributed by atoms with E-state index in [1.54, 1.807) is 36.7 Å². The van der Waals surface area contributed by atoms with Crippen LogP contribution in [0.25, 0.3) is 0 Å². The number of rotatable bonds is 5. The van der Waals surface area contributed by atoms with Crippen LogP contribution in [0.1, 0.15) is 54.1 Å². The van der Waals surface area contributed by atoms with Gasteiger partial charge >= 0.3 is 0 Å². The zero-order valence-corrected chi connectivity index (χ0v) is 19.7. The summed E-state index contributed by atoms with van der Waals surface area (Å²) in [7, 11) is 0. The summed E-state index contributed by atoms with van der Waals surface area (Å²) in [5, 5.41) is 3.11. The van der Waals surface area contributed by atoms with Crippen LogP contribution in [0.4, 0.5) is 5.69 Å². The van der Waals surface area contributed by atoms with Crippen molar-refractivity contribution in [1.29, 1.82) is 0 Å². The second kappa shape index (κ2) is 9.97. The quantitative estimate of drug-likeness (QED) is 0.709. The van der Waals surface area contributed by atoms with Gasteiger partial charge in [0, 0.05) is 49.7 Å². The number of aromatic nitrogens is 1. The Morgan fingerprint density at radius 3 is 2.47 bits per heavy atom. The number of amides is 3. The molecule has 176 valence electrons. The highest BCUT2D eigenvalue weighted by Crippen LogP contribution is 2.33. The number of nitrogens with zero attached hydrogens (tertiary/aromatic N) is 4. The van der Waals surface area contributed by atoms with E-state index in [1.165, 1.54) is 11.8 Å². The lowest BCUT2D eigenvalue weighted by Gasteiger charge is -2.25. The molecule has 1 aromatic heterocycles. The Balaban J connectivity index is 1.16. The zero-order chi connectivity index (χ0) is 23.5. The molecule has 9 heteroatoms. The average Bonchev–Trinajstić information content (AvgIpc) is 3.62. The van der Waals surface area contributed by atoms with E-state index in [-0.39, 0.29) is 30.2 Å². The van der Waals surface area contributed by atoms with Crippen molar-refractivity contribution >= 4 is 40.3 Å². The lowest BCUT2D eigenvalue weighted by Crippen LogP contribution is -2.30. The van der Waals surface area contributed by atoms with Gasteiger partial charge in [-0.1, -0.05) is 11.8 Å². The van der Waals surface area contributed by atoms with Gasteiger partial charge in [0.1, 0.15) is 5.25 Å². The van der Waals surface area contributed by atoms with E-state index in [0.29, 0.717) is 11.3 Å². The van der Waals surface area contributed by atoms with Crippen LogP contribution in [0.3, 0.4) is 0 Å². The first-order chi connectivity index (χ1) is 16.6. The summed E-state index contributed by atoms with van der Waals surface area (Å²) >= 11 is 1.39. The van der Waals surface area contributed by atoms with Gasteiger partial charge in [0.05, 0.1) is 6.04 Å². The molecule has 0 unspecified atom stereocenters. The third-order valence-electron chi connectivity index (χ3n) is 6.50. The number of carbonyl (C=O) groups is 3. The number of thioether (sulfide) groups is 1. The molecule has 0 aliphatic carbocycles. The number of likely N-dealkylation sites (tertiary alicyclic amines) is 2. The van der Waals surface area contributed by atoms with Crippen molar-refractivity contribution in [3.8, 4) is 0 Å². The monoisotopic (exact) mass is 477 g/mol. The van der Waals surface area contributed by atoms with Crippen LogP contribution in [0.15, 0.2) is 53.8 Å². The maximum absolute atomic E-state index is 13.1. The van der Waals surface area contributed by atoms with Crippen molar-refractivity contribution < 1.29 is 14.4 Å². The molecule has 0 radical (unpaired) electrons. The summed E-state index contributed by atoms with van der Waals surface area (Å²) in [5.41, 5.74) is 2.29. The smallest absolute Gasteiger partial charge is 0.262 e. The highest BCUT2D eigenvalue weighted by atomic mass is 32.2. The Morgan fingerprint density at radius 2 is 1.74 bits per heavy atom. The topological polar surface area (TPSA) is 95.0 Å². The SMILES string of the molecule is O=C(C[C@@H]1SC(N2CCCC2)=NC1=O)Nc1ccc(C(=O)N2CCC[C@@H]2c2ccncc2)cc1. The van der Waals surface area contributed by atoms with E-state index in [0.717, 1.165) is 56.0 Å². The van der Waals surface area contributed by atoms with Crippen LogP contribution < -0.4 is 5.32 Å². The number of anilines is 1. The van der Waals surface area contributed by atoms with Gasteiger partial charge in [-0.05, 0) is 67.6 Å². The molecule has 3 amide bonds. The van der Waals surface area contributed by atoms with E-state index in [2.05, 4.69) is 20.2 Å². The largest absolute Gasteiger partial charge is 0.351 e. The second-order valence-electron chi connectivity index (χ2n) is 8.80. The predicted molar refractivity (Wildman–Crippen MR) is 132 cm³/mol. The first-order valence-corrected chi connectivity index (χ1v) is 12.6. The Kier molecular flexibility index (Phi) is 6.62. The standard InChI is InChI=1S/C25H27N5O3S/c31-22(16-21-23(32)28-25(34-21)29-13-1-2-14-29)27-19-7-5-18(6-8-19)24(33)30-15-3-4-20(30)17-9-11-26-12-10-17/h5-12,20-21H,1-4,13-16H2,(H,27,31)/t20-,21+/m1/s1. The fourth-order valence-electron chi connectivity index (χ4n) is 4.74. The summed E-state index contributed by atoms with van der Waals surface area (Å²) < 4.78 is 0. The number of carbonyl (C=O) groups excluding carboxylic acids is 3. The Labute approximate surface area is 202 Å². The fourth-order valence-corrected chi connectivity index (χ4v) is 5.85. The van der Waals surface area contributed by atoms with Crippen LogP contribution in [-0.4, -0.2) is 62.6 Å². The van der Waals surface area contributed by atoms with Crippen LogP contribution in [-0.2, 0) is 9.59 Å². The molecule has 0 saturated carbocycles. The molecule has 3 aliphatic heterocycles. The Hall–Kier alpha value is -3.20. The molecule has 2 saturated heterocycles. The Bertz CT molecular complexity index is 1100. The summed E-state index contributed by atoms with van der Waals surface area (Å²) in [4.78, 5) is 50.2. The molecule has 4 heterocycles. The molecule has 0 bridgehead atoms. The molecule has 2 fully saturated rings. The molecule has 5 rings (SSSR count). The van der Waals surface area contributed by atoms with Crippen LogP contribution >= 0.6 is 11.8 Å². The van der Waals surface area contributed by atoms with Crippen molar-refractivity contribution in [2.24, 2.45) is 4.99 Å². The fraction of sp³-hybridized carbons (Fsp3) is 0.400. The Morgan fingerprint density at radius 1 is 1.00 bits per heavy atom. The van der Waals surface area contributed by atoms with Crippen molar-refractivity contribution in [2.45, 2.75) is 43.4 Å². The van der Waals surface area contributed by atoms with Gasteiger partial charge in [0.15, 0.2) is 5.17 Å². The number of pyridine rings is 1. The van der Waals surface area contributed by atoms with Crippen molar-refractivity contribution in [3.05, 3.63) is 59.9 Å². The van der Waals surface area contributed by atoms with Crippen LogP contribution in [0, 0.1) is 0 Å². The van der Waals surface area contributed by atoms with Gasteiger partial charge in [-0.2, -0.15) is 4.99 Å². The number of hydrogen-bond donors (Lipinski definition) is 1. The van der Waals surface area contributed by atoms with E-state index in [4.69, 9.17) is 0 Å². The summed E-state index contributed by atoms with van der Waals surface area (Å²) in [5.74, 6) is -0.491. The first kappa shape index (κ1) is 22.6. The predicted octanol–water partition coefficient (Wildman–Crippen LogP) is 3.48. The molecule has 8 nitrogen and oxygen atoms in total. The molecular formula is C25H27N5O3S. The summed E-state index contributed by atoms with van der Waals surface area (Å²) in [6.45, 7) is 2.56. The second-order valence-corrected chi connectivity index (χ2v) is 9.97. The van der Waals surface area contributed by atoms with E-state index < -0.39 is 5.25 Å². The molecule has 1 aromatic carbocycles. The van der Waals surface area contributed by atoms with Gasteiger partial charge < -0.3 is 15.1 Å². The van der Waals surface area contributed by atoms with Crippen LogP contribution in [0.2, 0.25) is 0 Å². The molecule has 1 N–H and O–H groups in total. The van der Waals surface area contributed by atoms with E-state index in [9.17, 15) is 14.4 Å². The van der Waals surface area contributed by atoms with E-state index >= 15 is 0 Å². The molecule has 3 aliphatic rings. The third kappa shape index (κ3) is 4.84. The number of nitrogens with one attached hydrogen (secondary N) is 1. The number of hydrogen-bond acceptors (Lipinski definition) is 6. The molecular weight excluding hydrogens is 450 g/mol. The minimum Gasteiger partial charge on any atom is -0.351 e. The molecule has 2 atom stereocenters. The van der Waals surface area contributed by atoms with Crippen molar-refractivity contribution in [3.63, 3.8) is 0 Å². The van der Waals surface area contributed by atoms with Crippen molar-refractivity contribution in [2.75, 3.05) is 25.0 Å². The highest BCUT2D eigenvalue weighted by Gasteiger charge is 2.34. The zero-order valence-electron chi connectivity index (χ0n) is 18.9. The number of benzene rings is 1. The number of aliphatic imine (C=N–C) groups is 1. The van der Waals surface area contributed by atoms with Gasteiger partial charge in [0.2, 0.25) is 5.91 Å². The summed E-state index contributed by atoms with van der Waals surface area (Å²) in [6.07, 6.45) is 7.71. The lowest BCUT2D eigenvalue weighted by molar-refractivity contribution is -0.121. The highest BCUT2D eigenvalue weighted by molar-refractivity contribution is 8.15. The van der Waals surface area contributed by atoms with Gasteiger partial charge in [-0.15, -0.1) is 0 Å². The molecule has 34 heavy (non-hydrogen) atoms.